The van der Waals surface area contributed by atoms with Crippen molar-refractivity contribution >= 4 is 28.6 Å². The Kier molecular flexibility index (Phi) is 4.11. The summed E-state index contributed by atoms with van der Waals surface area (Å²) in [5, 5.41) is 4.47. The second kappa shape index (κ2) is 6.09. The van der Waals surface area contributed by atoms with Crippen LogP contribution in [0.15, 0.2) is 35.1 Å². The summed E-state index contributed by atoms with van der Waals surface area (Å²) in [5.41, 5.74) is 1.37. The number of rotatable bonds is 3. The van der Waals surface area contributed by atoms with Gasteiger partial charge in [0.1, 0.15) is 0 Å². The van der Waals surface area contributed by atoms with Crippen LogP contribution in [-0.4, -0.2) is 25.3 Å². The highest BCUT2D eigenvalue weighted by atomic mass is 35.5. The van der Waals surface area contributed by atoms with E-state index in [0.717, 1.165) is 15.7 Å². The molecule has 0 aliphatic rings. The minimum atomic E-state index is -0.622. The Morgan fingerprint density at radius 2 is 2.00 bits per heavy atom. The number of hydrogen-bond acceptors (Lipinski definition) is 5. The number of aromatic nitrogens is 4. The maximum absolute atomic E-state index is 12.2. The lowest BCUT2D eigenvalue weighted by atomic mass is 10.3. The van der Waals surface area contributed by atoms with Crippen molar-refractivity contribution in [1.29, 1.82) is 0 Å². The Bertz CT molecular complexity index is 993. The van der Waals surface area contributed by atoms with E-state index in [4.69, 9.17) is 16.3 Å². The molecule has 0 spiro atoms. The van der Waals surface area contributed by atoms with Gasteiger partial charge in [-0.1, -0.05) is 11.6 Å². The third-order valence-electron chi connectivity index (χ3n) is 3.69. The summed E-state index contributed by atoms with van der Waals surface area (Å²) in [6.45, 7) is 1.72. The molecule has 3 rings (SSSR count). The van der Waals surface area contributed by atoms with Crippen LogP contribution in [0, 0.1) is 0 Å². The zero-order valence-corrected chi connectivity index (χ0v) is 14.1. The van der Waals surface area contributed by atoms with Gasteiger partial charge in [-0.25, -0.2) is 14.5 Å². The van der Waals surface area contributed by atoms with Crippen molar-refractivity contribution in [1.82, 2.24) is 19.3 Å². The van der Waals surface area contributed by atoms with E-state index in [2.05, 4.69) is 10.1 Å². The lowest BCUT2D eigenvalue weighted by Crippen LogP contribution is -2.22. The molecule has 0 radical (unpaired) electrons. The van der Waals surface area contributed by atoms with Gasteiger partial charge in [0, 0.05) is 25.2 Å². The predicted octanol–water partition coefficient (Wildman–Crippen LogP) is 2.24. The van der Waals surface area contributed by atoms with Crippen LogP contribution < -0.4 is 5.56 Å². The summed E-state index contributed by atoms with van der Waals surface area (Å²) in [5.74, 6) is -0.0337. The number of imidazole rings is 1. The van der Waals surface area contributed by atoms with E-state index in [1.165, 1.54) is 19.2 Å². The normalized spacial score (nSPS) is 12.3. The van der Waals surface area contributed by atoms with Crippen LogP contribution >= 0.6 is 11.6 Å². The van der Waals surface area contributed by atoms with Crippen LogP contribution in [0.4, 0.5) is 0 Å². The molecule has 24 heavy (non-hydrogen) atoms. The van der Waals surface area contributed by atoms with Crippen molar-refractivity contribution in [3.63, 3.8) is 0 Å². The first kappa shape index (κ1) is 16.2. The minimum absolute atomic E-state index is 0.0609. The van der Waals surface area contributed by atoms with Crippen LogP contribution in [0.25, 0.3) is 11.0 Å². The topological polar surface area (TPSA) is 79.0 Å². The Balaban J connectivity index is 1.87. The molecule has 0 unspecified atom stereocenters. The summed E-state index contributed by atoms with van der Waals surface area (Å²) in [7, 11) is 3.31. The molecule has 1 aromatic carbocycles. The number of esters is 1. The first-order valence-corrected chi connectivity index (χ1v) is 7.62. The molecule has 3 aromatic rings. The summed E-state index contributed by atoms with van der Waals surface area (Å²) < 4.78 is 8.35. The average Bonchev–Trinajstić information content (AvgIpc) is 2.86. The van der Waals surface area contributed by atoms with Gasteiger partial charge in [-0.3, -0.25) is 4.79 Å². The smallest absolute Gasteiger partial charge is 0.359 e. The molecule has 2 heterocycles. The highest BCUT2D eigenvalue weighted by Crippen LogP contribution is 2.24. The standard InChI is InChI=1S/C16H15ClN4O3/c1-9(24-16(23)11-5-7-14(22)21(3)19-11)15-18-12-8-10(17)4-6-13(12)20(15)2/h4-9H,1-3H3/t9-/m1/s1. The zero-order chi connectivity index (χ0) is 17.4. The van der Waals surface area contributed by atoms with Crippen molar-refractivity contribution < 1.29 is 9.53 Å². The van der Waals surface area contributed by atoms with Gasteiger partial charge in [0.05, 0.1) is 11.0 Å². The second-order valence-electron chi connectivity index (χ2n) is 5.39. The fraction of sp³-hybridized carbons (Fsp3) is 0.250. The molecule has 7 nitrogen and oxygen atoms in total. The van der Waals surface area contributed by atoms with Gasteiger partial charge >= 0.3 is 5.97 Å². The average molecular weight is 347 g/mol. The maximum atomic E-state index is 12.2. The number of carbonyl (C=O) groups excluding carboxylic acids is 1. The van der Waals surface area contributed by atoms with Gasteiger partial charge in [-0.15, -0.1) is 0 Å². The van der Waals surface area contributed by atoms with Crippen LogP contribution in [0.3, 0.4) is 0 Å². The van der Waals surface area contributed by atoms with E-state index < -0.39 is 12.1 Å². The van der Waals surface area contributed by atoms with E-state index in [9.17, 15) is 9.59 Å². The molecule has 0 aliphatic heterocycles. The fourth-order valence-corrected chi connectivity index (χ4v) is 2.61. The third-order valence-corrected chi connectivity index (χ3v) is 3.93. The fourth-order valence-electron chi connectivity index (χ4n) is 2.44. The number of aryl methyl sites for hydroxylation is 2. The number of hydrogen-bond donors (Lipinski definition) is 0. The number of carbonyl (C=O) groups is 1. The Morgan fingerprint density at radius 3 is 2.71 bits per heavy atom. The Hall–Kier alpha value is -2.67. The predicted molar refractivity (Wildman–Crippen MR) is 89.0 cm³/mol. The largest absolute Gasteiger partial charge is 0.450 e. The number of nitrogens with zero attached hydrogens (tertiary/aromatic N) is 4. The first-order valence-electron chi connectivity index (χ1n) is 7.24. The molecule has 8 heteroatoms. The highest BCUT2D eigenvalue weighted by molar-refractivity contribution is 6.31. The lowest BCUT2D eigenvalue weighted by molar-refractivity contribution is 0.0305. The summed E-state index contributed by atoms with van der Waals surface area (Å²) >= 11 is 5.98. The molecular weight excluding hydrogens is 332 g/mol. The molecule has 1 atom stereocenters. The molecule has 0 aliphatic carbocycles. The monoisotopic (exact) mass is 346 g/mol. The molecule has 0 amide bonds. The molecule has 0 N–H and O–H groups in total. The lowest BCUT2D eigenvalue weighted by Gasteiger charge is -2.13. The molecule has 0 bridgehead atoms. The number of fused-ring (bicyclic) bond motifs is 1. The quantitative estimate of drug-likeness (QED) is 0.679. The van der Waals surface area contributed by atoms with E-state index in [0.29, 0.717) is 10.8 Å². The second-order valence-corrected chi connectivity index (χ2v) is 5.83. The molecule has 0 fully saturated rings. The van der Waals surface area contributed by atoms with Gasteiger partial charge in [0.25, 0.3) is 5.56 Å². The number of halogens is 1. The Labute approximate surface area is 142 Å². The molecule has 2 aromatic heterocycles. The summed E-state index contributed by atoms with van der Waals surface area (Å²) in [6.07, 6.45) is -0.590. The van der Waals surface area contributed by atoms with Crippen LogP contribution in [-0.2, 0) is 18.8 Å². The van der Waals surface area contributed by atoms with Crippen molar-refractivity contribution in [2.75, 3.05) is 0 Å². The van der Waals surface area contributed by atoms with E-state index in [1.54, 1.807) is 19.1 Å². The SMILES string of the molecule is C[C@@H](OC(=O)c1ccc(=O)n(C)n1)c1nc2cc(Cl)ccc2n1C. The first-order chi connectivity index (χ1) is 11.4. The van der Waals surface area contributed by atoms with Gasteiger partial charge in [-0.05, 0) is 31.2 Å². The third kappa shape index (κ3) is 2.90. The van der Waals surface area contributed by atoms with Crippen LogP contribution in [0.5, 0.6) is 0 Å². The summed E-state index contributed by atoms with van der Waals surface area (Å²) in [4.78, 5) is 28.0. The van der Waals surface area contributed by atoms with Gasteiger partial charge in [0.15, 0.2) is 17.6 Å². The molecule has 0 saturated carbocycles. The maximum Gasteiger partial charge on any atom is 0.359 e. The van der Waals surface area contributed by atoms with E-state index in [-0.39, 0.29) is 11.3 Å². The van der Waals surface area contributed by atoms with Crippen LogP contribution in [0.1, 0.15) is 29.3 Å². The van der Waals surface area contributed by atoms with Crippen molar-refractivity contribution in [2.45, 2.75) is 13.0 Å². The number of ether oxygens (including phenoxy) is 1. The molecule has 124 valence electrons. The zero-order valence-electron chi connectivity index (χ0n) is 13.4. The van der Waals surface area contributed by atoms with E-state index in [1.807, 2.05) is 17.7 Å². The van der Waals surface area contributed by atoms with E-state index >= 15 is 0 Å². The van der Waals surface area contributed by atoms with Crippen molar-refractivity contribution in [2.24, 2.45) is 14.1 Å². The van der Waals surface area contributed by atoms with Crippen molar-refractivity contribution in [3.8, 4) is 0 Å². The molecule has 0 saturated heterocycles. The van der Waals surface area contributed by atoms with Crippen LogP contribution in [0.2, 0.25) is 5.02 Å². The van der Waals surface area contributed by atoms with Gasteiger partial charge in [-0.2, -0.15) is 5.10 Å². The van der Waals surface area contributed by atoms with Crippen molar-refractivity contribution in [3.05, 3.63) is 57.2 Å². The Morgan fingerprint density at radius 1 is 1.25 bits per heavy atom. The molecular formula is C16H15ClN4O3. The van der Waals surface area contributed by atoms with Gasteiger partial charge < -0.3 is 9.30 Å². The number of benzene rings is 1. The van der Waals surface area contributed by atoms with Gasteiger partial charge in [0.2, 0.25) is 0 Å². The summed E-state index contributed by atoms with van der Waals surface area (Å²) in [6, 6.07) is 8.00. The minimum Gasteiger partial charge on any atom is -0.450 e. The highest BCUT2D eigenvalue weighted by Gasteiger charge is 2.20.